The van der Waals surface area contributed by atoms with E-state index in [1.807, 2.05) is 25.3 Å². The summed E-state index contributed by atoms with van der Waals surface area (Å²) in [5.74, 6) is -0.228. The van der Waals surface area contributed by atoms with Crippen LogP contribution in [0.4, 0.5) is 5.69 Å². The number of anilines is 1. The average molecular weight is 322 g/mol. The molecule has 0 aromatic heterocycles. The number of hydrogen-bond donors (Lipinski definition) is 0. The molecule has 122 valence electrons. The molecule has 5 heteroatoms. The first kappa shape index (κ1) is 15.9. The summed E-state index contributed by atoms with van der Waals surface area (Å²) in [7, 11) is 1.98. The second-order valence-electron chi connectivity index (χ2n) is 6.40. The third-order valence-electron chi connectivity index (χ3n) is 4.57. The van der Waals surface area contributed by atoms with Gasteiger partial charge in [-0.1, -0.05) is 32.0 Å². The number of nitrogens with zero attached hydrogens (tertiary/aromatic N) is 2. The van der Waals surface area contributed by atoms with Gasteiger partial charge in [0.1, 0.15) is 0 Å². The highest BCUT2D eigenvalue weighted by molar-refractivity contribution is 6.07. The monoisotopic (exact) mass is 322 g/mol. The molecule has 0 N–H and O–H groups in total. The summed E-state index contributed by atoms with van der Waals surface area (Å²) in [5.41, 5.74) is 3.41. The number of carbonyl (C=O) groups is 1. The Labute approximate surface area is 140 Å². The third kappa shape index (κ3) is 2.48. The zero-order valence-corrected chi connectivity index (χ0v) is 13.8. The van der Waals surface area contributed by atoms with E-state index in [-0.39, 0.29) is 16.9 Å². The van der Waals surface area contributed by atoms with Gasteiger partial charge in [-0.05, 0) is 29.9 Å². The van der Waals surface area contributed by atoms with Crippen molar-refractivity contribution >= 4 is 11.5 Å². The minimum absolute atomic E-state index is 0.0819. The largest absolute Gasteiger partial charge is 0.347 e. The molecule has 1 aromatic carbocycles. The van der Waals surface area contributed by atoms with E-state index in [0.29, 0.717) is 5.57 Å². The Kier molecular flexibility index (Phi) is 3.72. The number of para-hydroxylation sites is 1. The van der Waals surface area contributed by atoms with Crippen LogP contribution >= 0.6 is 0 Å². The lowest BCUT2D eigenvalue weighted by molar-refractivity contribution is -0.419. The first-order valence-electron chi connectivity index (χ1n) is 7.66. The fourth-order valence-corrected chi connectivity index (χ4v) is 3.25. The Morgan fingerprint density at radius 2 is 1.88 bits per heavy atom. The highest BCUT2D eigenvalue weighted by atomic mass is 16.6. The summed E-state index contributed by atoms with van der Waals surface area (Å²) in [4.78, 5) is 24.5. The van der Waals surface area contributed by atoms with E-state index in [1.165, 1.54) is 23.8 Å². The van der Waals surface area contributed by atoms with Gasteiger partial charge in [-0.3, -0.25) is 14.9 Å². The van der Waals surface area contributed by atoms with Gasteiger partial charge in [0.2, 0.25) is 0 Å². The molecular weight excluding hydrogens is 304 g/mol. The maximum Gasteiger partial charge on any atom is 0.270 e. The summed E-state index contributed by atoms with van der Waals surface area (Å²) in [6.07, 6.45) is 7.32. The van der Waals surface area contributed by atoms with Gasteiger partial charge >= 0.3 is 0 Å². The number of ketones is 1. The normalized spacial score (nSPS) is 22.0. The number of benzene rings is 1. The zero-order valence-electron chi connectivity index (χ0n) is 13.8. The van der Waals surface area contributed by atoms with Crippen LogP contribution in [-0.4, -0.2) is 17.8 Å². The van der Waals surface area contributed by atoms with Crippen molar-refractivity contribution in [1.82, 2.24) is 0 Å². The molecule has 0 saturated heterocycles. The molecule has 0 fully saturated rings. The minimum atomic E-state index is -0.495. The van der Waals surface area contributed by atoms with Crippen molar-refractivity contribution in [3.05, 3.63) is 87.3 Å². The van der Waals surface area contributed by atoms with E-state index >= 15 is 0 Å². The van der Waals surface area contributed by atoms with Crippen LogP contribution in [0.25, 0.3) is 0 Å². The molecule has 1 aromatic rings. The minimum Gasteiger partial charge on any atom is -0.347 e. The molecule has 0 radical (unpaired) electrons. The lowest BCUT2D eigenvalue weighted by atomic mass is 9.83. The number of carbonyl (C=O) groups excluding carboxylic acids is 1. The zero-order chi connectivity index (χ0) is 17.5. The van der Waals surface area contributed by atoms with E-state index in [2.05, 4.69) is 30.9 Å². The van der Waals surface area contributed by atoms with Gasteiger partial charge < -0.3 is 4.90 Å². The number of fused-ring (bicyclic) bond motifs is 1. The van der Waals surface area contributed by atoms with Crippen LogP contribution in [0.15, 0.2) is 71.6 Å². The van der Waals surface area contributed by atoms with Gasteiger partial charge in [0.05, 0.1) is 4.92 Å². The maximum atomic E-state index is 12.0. The van der Waals surface area contributed by atoms with E-state index in [9.17, 15) is 14.9 Å². The number of hydrogen-bond acceptors (Lipinski definition) is 4. The molecule has 0 amide bonds. The van der Waals surface area contributed by atoms with Gasteiger partial charge in [0.15, 0.2) is 5.78 Å². The van der Waals surface area contributed by atoms with E-state index in [4.69, 9.17) is 0 Å². The highest BCUT2D eigenvalue weighted by Crippen LogP contribution is 2.46. The molecule has 24 heavy (non-hydrogen) atoms. The van der Waals surface area contributed by atoms with Crippen LogP contribution in [0, 0.1) is 10.1 Å². The van der Waals surface area contributed by atoms with Crippen molar-refractivity contribution in [3.63, 3.8) is 0 Å². The molecule has 5 nitrogen and oxygen atoms in total. The van der Waals surface area contributed by atoms with Crippen LogP contribution in [0.1, 0.15) is 19.4 Å². The molecule has 2 aliphatic rings. The Morgan fingerprint density at radius 1 is 1.17 bits per heavy atom. The van der Waals surface area contributed by atoms with Gasteiger partial charge in [0.25, 0.3) is 5.70 Å². The Bertz CT molecular complexity index is 857. The van der Waals surface area contributed by atoms with Crippen molar-refractivity contribution in [2.24, 2.45) is 0 Å². The quantitative estimate of drug-likeness (QED) is 0.475. The first-order valence-corrected chi connectivity index (χ1v) is 7.66. The Balaban J connectivity index is 2.02. The number of nitro groups is 1. The second-order valence-corrected chi connectivity index (χ2v) is 6.40. The Hall–Kier alpha value is -2.95. The van der Waals surface area contributed by atoms with Gasteiger partial charge in [0, 0.05) is 41.6 Å². The summed E-state index contributed by atoms with van der Waals surface area (Å²) >= 11 is 0. The van der Waals surface area contributed by atoms with Crippen molar-refractivity contribution in [2.75, 3.05) is 11.9 Å². The standard InChI is InChI=1S/C19H18N2O3/c1-19(2)15-6-4-5-7-16(15)20(3)18(19)11-8-13-12-14(21(23)24)9-10-17(13)22/h4-12H,1-3H3/b13-8-,18-11-. The van der Waals surface area contributed by atoms with Gasteiger partial charge in [-0.2, -0.15) is 0 Å². The predicted octanol–water partition coefficient (Wildman–Crippen LogP) is 3.52. The smallest absolute Gasteiger partial charge is 0.270 e. The lowest BCUT2D eigenvalue weighted by Gasteiger charge is -2.23. The fraction of sp³-hybridized carbons (Fsp3) is 0.211. The van der Waals surface area contributed by atoms with Crippen molar-refractivity contribution in [2.45, 2.75) is 19.3 Å². The molecule has 1 aliphatic carbocycles. The number of allylic oxidation sites excluding steroid dienone is 7. The molecular formula is C19H18N2O3. The molecule has 0 bridgehead atoms. The first-order chi connectivity index (χ1) is 11.3. The third-order valence-corrected chi connectivity index (χ3v) is 4.57. The number of likely N-dealkylation sites (N-methyl/N-ethyl adjacent to an activating group) is 1. The van der Waals surface area contributed by atoms with Crippen LogP contribution in [0.2, 0.25) is 0 Å². The van der Waals surface area contributed by atoms with E-state index in [0.717, 1.165) is 11.4 Å². The van der Waals surface area contributed by atoms with Crippen LogP contribution < -0.4 is 4.90 Å². The molecule has 0 saturated carbocycles. The molecule has 0 spiro atoms. The summed E-state index contributed by atoms with van der Waals surface area (Å²) in [5, 5.41) is 10.9. The summed E-state index contributed by atoms with van der Waals surface area (Å²) < 4.78 is 0. The molecule has 0 unspecified atom stereocenters. The van der Waals surface area contributed by atoms with Crippen LogP contribution in [0.3, 0.4) is 0 Å². The fourth-order valence-electron chi connectivity index (χ4n) is 3.25. The summed E-state index contributed by atoms with van der Waals surface area (Å²) in [6, 6.07) is 8.16. The molecule has 3 rings (SSSR count). The SMILES string of the molecule is CN1/C(=C\C=C2\C=C([N+](=O)[O-])C=CC2=O)C(C)(C)c2ccccc21. The van der Waals surface area contributed by atoms with E-state index < -0.39 is 4.92 Å². The molecule has 0 atom stereocenters. The van der Waals surface area contributed by atoms with Crippen molar-refractivity contribution < 1.29 is 9.72 Å². The van der Waals surface area contributed by atoms with Gasteiger partial charge in [-0.15, -0.1) is 0 Å². The van der Waals surface area contributed by atoms with Crippen molar-refractivity contribution in [1.29, 1.82) is 0 Å². The van der Waals surface area contributed by atoms with Crippen molar-refractivity contribution in [3.8, 4) is 0 Å². The topological polar surface area (TPSA) is 63.4 Å². The maximum absolute atomic E-state index is 12.0. The van der Waals surface area contributed by atoms with Gasteiger partial charge in [-0.25, -0.2) is 0 Å². The Morgan fingerprint density at radius 3 is 2.54 bits per heavy atom. The van der Waals surface area contributed by atoms with Crippen LogP contribution in [0.5, 0.6) is 0 Å². The molecule has 1 heterocycles. The highest BCUT2D eigenvalue weighted by Gasteiger charge is 2.37. The lowest BCUT2D eigenvalue weighted by Crippen LogP contribution is -2.22. The summed E-state index contributed by atoms with van der Waals surface area (Å²) in [6.45, 7) is 4.25. The average Bonchev–Trinajstić information content (AvgIpc) is 2.74. The predicted molar refractivity (Wildman–Crippen MR) is 93.3 cm³/mol. The second kappa shape index (κ2) is 5.60. The number of rotatable bonds is 2. The van der Waals surface area contributed by atoms with E-state index in [1.54, 1.807) is 6.08 Å². The molecule has 1 aliphatic heterocycles. The van der Waals surface area contributed by atoms with Crippen LogP contribution in [-0.2, 0) is 10.2 Å².